The molecule has 2 rings (SSSR count). The molecule has 1 N–H and O–H groups in total. The number of halogens is 3. The molecule has 0 saturated carbocycles. The van der Waals surface area contributed by atoms with Gasteiger partial charge in [-0.15, -0.1) is 13.2 Å². The third-order valence-corrected chi connectivity index (χ3v) is 3.58. The lowest BCUT2D eigenvalue weighted by Gasteiger charge is -2.36. The van der Waals surface area contributed by atoms with Crippen molar-refractivity contribution in [1.29, 1.82) is 0 Å². The molecule has 1 aromatic carbocycles. The number of rotatable bonds is 3. The Morgan fingerprint density at radius 1 is 1.30 bits per heavy atom. The van der Waals surface area contributed by atoms with Crippen LogP contribution in [0.15, 0.2) is 24.3 Å². The summed E-state index contributed by atoms with van der Waals surface area (Å²) in [6, 6.07) is 5.81. The maximum absolute atomic E-state index is 12.2. The van der Waals surface area contributed by atoms with Crippen molar-refractivity contribution in [2.45, 2.75) is 31.2 Å². The van der Waals surface area contributed by atoms with Crippen molar-refractivity contribution < 1.29 is 23.0 Å². The van der Waals surface area contributed by atoms with Crippen LogP contribution in [0, 0.1) is 0 Å². The van der Waals surface area contributed by atoms with Crippen molar-refractivity contribution in [1.82, 2.24) is 4.90 Å². The van der Waals surface area contributed by atoms with Gasteiger partial charge in [-0.05, 0) is 37.6 Å². The molecule has 6 heteroatoms. The van der Waals surface area contributed by atoms with Gasteiger partial charge in [0.05, 0.1) is 5.60 Å². The van der Waals surface area contributed by atoms with Crippen molar-refractivity contribution in [3.8, 4) is 5.75 Å². The smallest absolute Gasteiger partial charge is 0.406 e. The number of piperidine rings is 1. The molecular formula is C14H18F3NO2. The van der Waals surface area contributed by atoms with Crippen molar-refractivity contribution in [3.63, 3.8) is 0 Å². The third-order valence-electron chi connectivity index (χ3n) is 3.58. The molecule has 0 bridgehead atoms. The average Bonchev–Trinajstić information content (AvgIpc) is 2.31. The summed E-state index contributed by atoms with van der Waals surface area (Å²) in [5, 5.41) is 10.5. The van der Waals surface area contributed by atoms with Gasteiger partial charge in [-0.3, -0.25) is 0 Å². The number of hydrogen-bond donors (Lipinski definition) is 1. The van der Waals surface area contributed by atoms with Gasteiger partial charge in [0.1, 0.15) is 5.75 Å². The number of nitrogens with zero attached hydrogens (tertiary/aromatic N) is 1. The Morgan fingerprint density at radius 2 is 1.95 bits per heavy atom. The van der Waals surface area contributed by atoms with E-state index in [0.717, 1.165) is 13.1 Å². The molecule has 1 saturated heterocycles. The van der Waals surface area contributed by atoms with Gasteiger partial charge in [-0.1, -0.05) is 12.1 Å². The zero-order valence-electron chi connectivity index (χ0n) is 11.3. The van der Waals surface area contributed by atoms with E-state index in [1.807, 2.05) is 7.05 Å². The average molecular weight is 289 g/mol. The molecule has 0 spiro atoms. The van der Waals surface area contributed by atoms with Crippen LogP contribution in [-0.2, 0) is 6.42 Å². The Morgan fingerprint density at radius 3 is 2.55 bits per heavy atom. The maximum atomic E-state index is 12.2. The summed E-state index contributed by atoms with van der Waals surface area (Å²) in [4.78, 5) is 2.12. The highest BCUT2D eigenvalue weighted by Gasteiger charge is 2.33. The van der Waals surface area contributed by atoms with Gasteiger partial charge in [0.25, 0.3) is 0 Å². The summed E-state index contributed by atoms with van der Waals surface area (Å²) >= 11 is 0. The van der Waals surface area contributed by atoms with Gasteiger partial charge in [-0.2, -0.15) is 0 Å². The number of alkyl halides is 3. The van der Waals surface area contributed by atoms with E-state index < -0.39 is 12.0 Å². The SMILES string of the molecule is CN1CCC(O)(Cc2cccc(OC(F)(F)F)c2)CC1. The molecule has 0 atom stereocenters. The second kappa shape index (κ2) is 5.61. The van der Waals surface area contributed by atoms with Crippen LogP contribution in [0.4, 0.5) is 13.2 Å². The highest BCUT2D eigenvalue weighted by atomic mass is 19.4. The molecular weight excluding hydrogens is 271 g/mol. The van der Waals surface area contributed by atoms with Gasteiger partial charge in [-0.25, -0.2) is 0 Å². The van der Waals surface area contributed by atoms with E-state index in [1.165, 1.54) is 18.2 Å². The molecule has 0 amide bonds. The molecule has 1 aliphatic rings. The van der Waals surface area contributed by atoms with Crippen LogP contribution in [0.5, 0.6) is 5.75 Å². The van der Waals surface area contributed by atoms with E-state index >= 15 is 0 Å². The first kappa shape index (κ1) is 15.1. The van der Waals surface area contributed by atoms with Gasteiger partial charge in [0.2, 0.25) is 0 Å². The van der Waals surface area contributed by atoms with E-state index in [-0.39, 0.29) is 5.75 Å². The summed E-state index contributed by atoms with van der Waals surface area (Å²) in [7, 11) is 1.98. The van der Waals surface area contributed by atoms with Crippen LogP contribution in [0.3, 0.4) is 0 Å². The lowest BCUT2D eigenvalue weighted by molar-refractivity contribution is -0.274. The maximum Gasteiger partial charge on any atom is 0.573 e. The van der Waals surface area contributed by atoms with Crippen molar-refractivity contribution in [2.75, 3.05) is 20.1 Å². The molecule has 0 radical (unpaired) electrons. The molecule has 0 unspecified atom stereocenters. The summed E-state index contributed by atoms with van der Waals surface area (Å²) in [6.45, 7) is 1.57. The summed E-state index contributed by atoms with van der Waals surface area (Å²) in [5.74, 6) is -0.244. The zero-order valence-corrected chi connectivity index (χ0v) is 11.3. The normalized spacial score (nSPS) is 19.9. The third kappa shape index (κ3) is 4.38. The summed E-state index contributed by atoms with van der Waals surface area (Å²) in [5.41, 5.74) is -0.192. The topological polar surface area (TPSA) is 32.7 Å². The van der Waals surface area contributed by atoms with Crippen LogP contribution in [-0.4, -0.2) is 42.1 Å². The number of aliphatic hydroxyl groups is 1. The highest BCUT2D eigenvalue weighted by molar-refractivity contribution is 5.29. The van der Waals surface area contributed by atoms with Gasteiger partial charge < -0.3 is 14.7 Å². The summed E-state index contributed by atoms with van der Waals surface area (Å²) in [6.07, 6.45) is -3.11. The van der Waals surface area contributed by atoms with Crippen LogP contribution < -0.4 is 4.74 Å². The van der Waals surface area contributed by atoms with Crippen LogP contribution in [0.1, 0.15) is 18.4 Å². The monoisotopic (exact) mass is 289 g/mol. The molecule has 0 aliphatic carbocycles. The quantitative estimate of drug-likeness (QED) is 0.928. The van der Waals surface area contributed by atoms with E-state index in [1.54, 1.807) is 6.07 Å². The second-order valence-corrected chi connectivity index (χ2v) is 5.40. The van der Waals surface area contributed by atoms with Gasteiger partial charge >= 0.3 is 6.36 Å². The zero-order chi connectivity index (χ0) is 14.8. The van der Waals surface area contributed by atoms with E-state index in [9.17, 15) is 18.3 Å². The highest BCUT2D eigenvalue weighted by Crippen LogP contribution is 2.28. The number of hydrogen-bond acceptors (Lipinski definition) is 3. The molecule has 3 nitrogen and oxygen atoms in total. The molecule has 0 aromatic heterocycles. The first-order chi connectivity index (χ1) is 9.26. The molecule has 1 aliphatic heterocycles. The number of likely N-dealkylation sites (tertiary alicyclic amines) is 1. The Kier molecular flexibility index (Phi) is 4.25. The minimum Gasteiger partial charge on any atom is -0.406 e. The molecule has 20 heavy (non-hydrogen) atoms. The fourth-order valence-corrected chi connectivity index (χ4v) is 2.44. The van der Waals surface area contributed by atoms with E-state index in [4.69, 9.17) is 0 Å². The number of benzene rings is 1. The van der Waals surface area contributed by atoms with Crippen LogP contribution in [0.25, 0.3) is 0 Å². The van der Waals surface area contributed by atoms with Crippen molar-refractivity contribution in [2.24, 2.45) is 0 Å². The largest absolute Gasteiger partial charge is 0.573 e. The van der Waals surface area contributed by atoms with E-state index in [2.05, 4.69) is 9.64 Å². The molecule has 1 fully saturated rings. The minimum absolute atomic E-state index is 0.244. The van der Waals surface area contributed by atoms with Crippen LogP contribution in [0.2, 0.25) is 0 Å². The van der Waals surface area contributed by atoms with Crippen molar-refractivity contribution in [3.05, 3.63) is 29.8 Å². The first-order valence-electron chi connectivity index (χ1n) is 6.51. The fourth-order valence-electron chi connectivity index (χ4n) is 2.44. The Balaban J connectivity index is 2.04. The molecule has 1 heterocycles. The van der Waals surface area contributed by atoms with Crippen LogP contribution >= 0.6 is 0 Å². The molecule has 112 valence electrons. The Bertz CT molecular complexity index is 454. The Labute approximate surface area is 116 Å². The molecule has 1 aromatic rings. The predicted molar refractivity (Wildman–Crippen MR) is 68.5 cm³/mol. The summed E-state index contributed by atoms with van der Waals surface area (Å²) < 4.78 is 40.4. The van der Waals surface area contributed by atoms with E-state index in [0.29, 0.717) is 24.8 Å². The standard InChI is InChI=1S/C14H18F3NO2/c1-18-7-5-13(19,6-8-18)10-11-3-2-4-12(9-11)20-14(15,16)17/h2-4,9,19H,5-8,10H2,1H3. The second-order valence-electron chi connectivity index (χ2n) is 5.40. The van der Waals surface area contributed by atoms with Crippen molar-refractivity contribution >= 4 is 0 Å². The lowest BCUT2D eigenvalue weighted by Crippen LogP contribution is -2.44. The Hall–Kier alpha value is -1.27. The minimum atomic E-state index is -4.69. The first-order valence-corrected chi connectivity index (χ1v) is 6.51. The fraction of sp³-hybridized carbons (Fsp3) is 0.571. The lowest BCUT2D eigenvalue weighted by atomic mass is 9.85. The predicted octanol–water partition coefficient (Wildman–Crippen LogP) is 2.58. The van der Waals surface area contributed by atoms with Gasteiger partial charge in [0.15, 0.2) is 0 Å². The number of ether oxygens (including phenoxy) is 1. The van der Waals surface area contributed by atoms with Gasteiger partial charge in [0, 0.05) is 19.5 Å².